The second-order valence-corrected chi connectivity index (χ2v) is 7.89. The van der Waals surface area contributed by atoms with Gasteiger partial charge in [0.15, 0.2) is 22.2 Å². The van der Waals surface area contributed by atoms with Crippen molar-refractivity contribution in [3.05, 3.63) is 28.9 Å². The molecule has 0 unspecified atom stereocenters. The Bertz CT molecular complexity index is 1220. The fraction of sp³-hybridized carbons (Fsp3) is 0.286. The average Bonchev–Trinajstić information content (AvgIpc) is 3.04. The summed E-state index contributed by atoms with van der Waals surface area (Å²) in [6.45, 7) is 2.72. The van der Waals surface area contributed by atoms with Crippen LogP contribution < -0.4 is 9.47 Å². The molecule has 0 saturated heterocycles. The Morgan fingerprint density at radius 2 is 1.64 bits per heavy atom. The molecule has 0 atom stereocenters. The molecule has 0 spiro atoms. The molecular weight excluding hydrogens is 434 g/mol. The molecular formula is C14H8ClF4N3O5S. The Hall–Kier alpha value is -2.54. The molecule has 3 aromatic rings. The lowest BCUT2D eigenvalue weighted by atomic mass is 10.2. The molecule has 0 radical (unpaired) electrons. The minimum atomic E-state index is -4.97. The lowest BCUT2D eigenvalue weighted by Gasteiger charge is -2.31. The number of nitrogens with zero attached hydrogens (tertiary/aromatic N) is 3. The standard InChI is InChI=1S/C14H8ClF4N3O5S/c1-5-11(6(2)27-21-5)28(23,24)22-8-4-10-9(3-7(8)20-12(22)15)25-13(16,17)14(18,19)26-10/h3-4H,1-2H3. The Morgan fingerprint density at radius 3 is 2.18 bits per heavy atom. The van der Waals surface area contributed by atoms with Gasteiger partial charge in [-0.3, -0.25) is 0 Å². The maximum atomic E-state index is 13.4. The largest absolute Gasteiger partial charge is 0.507 e. The molecule has 14 heteroatoms. The van der Waals surface area contributed by atoms with Gasteiger partial charge in [-0.1, -0.05) is 5.16 Å². The number of halogens is 5. The van der Waals surface area contributed by atoms with E-state index in [4.69, 9.17) is 16.1 Å². The van der Waals surface area contributed by atoms with E-state index in [0.29, 0.717) is 3.97 Å². The first-order valence-electron chi connectivity index (χ1n) is 7.39. The van der Waals surface area contributed by atoms with E-state index >= 15 is 0 Å². The second kappa shape index (κ2) is 5.50. The number of ether oxygens (including phenoxy) is 2. The van der Waals surface area contributed by atoms with Crippen molar-refractivity contribution in [2.24, 2.45) is 0 Å². The number of aryl methyl sites for hydroxylation is 2. The van der Waals surface area contributed by atoms with E-state index < -0.39 is 39.0 Å². The van der Waals surface area contributed by atoms with E-state index in [1.54, 1.807) is 0 Å². The minimum Gasteiger partial charge on any atom is -0.421 e. The summed E-state index contributed by atoms with van der Waals surface area (Å²) in [6.07, 6.45) is -9.90. The van der Waals surface area contributed by atoms with Crippen LogP contribution in [0.4, 0.5) is 17.6 Å². The molecule has 0 bridgehead atoms. The summed E-state index contributed by atoms with van der Waals surface area (Å²) in [5, 5.41) is 2.98. The number of hydrogen-bond acceptors (Lipinski definition) is 7. The Balaban J connectivity index is 1.97. The molecule has 0 saturated carbocycles. The number of alkyl halides is 4. The highest BCUT2D eigenvalue weighted by Gasteiger charge is 2.66. The predicted octanol–water partition coefficient (Wildman–Crippen LogP) is 3.49. The monoisotopic (exact) mass is 441 g/mol. The summed E-state index contributed by atoms with van der Waals surface area (Å²) in [4.78, 5) is 3.47. The van der Waals surface area contributed by atoms with Crippen molar-refractivity contribution in [3.8, 4) is 11.5 Å². The average molecular weight is 442 g/mol. The van der Waals surface area contributed by atoms with Crippen LogP contribution in [-0.2, 0) is 10.0 Å². The van der Waals surface area contributed by atoms with Crippen molar-refractivity contribution >= 4 is 32.7 Å². The summed E-state index contributed by atoms with van der Waals surface area (Å²) in [7, 11) is -4.42. The van der Waals surface area contributed by atoms with Gasteiger partial charge < -0.3 is 14.0 Å². The van der Waals surface area contributed by atoms with E-state index in [1.807, 2.05) is 0 Å². The van der Waals surface area contributed by atoms with E-state index in [0.717, 1.165) is 12.1 Å². The SMILES string of the molecule is Cc1noc(C)c1S(=O)(=O)n1c(Cl)nc2cc3c(cc21)OC(F)(F)C(F)(F)O3. The summed E-state index contributed by atoms with van der Waals surface area (Å²) < 4.78 is 93.1. The van der Waals surface area contributed by atoms with Crippen LogP contribution in [0.1, 0.15) is 11.5 Å². The van der Waals surface area contributed by atoms with Gasteiger partial charge in [-0.15, -0.1) is 0 Å². The third kappa shape index (κ3) is 2.45. The fourth-order valence-corrected chi connectivity index (χ4v) is 4.84. The van der Waals surface area contributed by atoms with Crippen molar-refractivity contribution in [3.63, 3.8) is 0 Å². The van der Waals surface area contributed by atoms with Crippen molar-refractivity contribution in [2.45, 2.75) is 31.0 Å². The van der Waals surface area contributed by atoms with Crippen LogP contribution in [0.3, 0.4) is 0 Å². The van der Waals surface area contributed by atoms with Gasteiger partial charge in [0, 0.05) is 12.1 Å². The molecule has 2 aromatic heterocycles. The summed E-state index contributed by atoms with van der Waals surface area (Å²) >= 11 is 5.94. The van der Waals surface area contributed by atoms with Crippen LogP contribution in [0, 0.1) is 13.8 Å². The number of rotatable bonds is 2. The van der Waals surface area contributed by atoms with Gasteiger partial charge in [-0.2, -0.15) is 17.6 Å². The van der Waals surface area contributed by atoms with Crippen LogP contribution >= 0.6 is 11.6 Å². The topological polar surface area (TPSA) is 96.5 Å². The molecule has 28 heavy (non-hydrogen) atoms. The number of fused-ring (bicyclic) bond motifs is 2. The number of hydrogen-bond donors (Lipinski definition) is 0. The fourth-order valence-electron chi connectivity index (χ4n) is 2.75. The first-order valence-corrected chi connectivity index (χ1v) is 9.21. The zero-order valence-electron chi connectivity index (χ0n) is 13.8. The first kappa shape index (κ1) is 18.8. The maximum absolute atomic E-state index is 13.4. The highest BCUT2D eigenvalue weighted by Crippen LogP contribution is 2.48. The van der Waals surface area contributed by atoms with Crippen molar-refractivity contribution < 1.29 is 40.0 Å². The Morgan fingerprint density at radius 1 is 1.07 bits per heavy atom. The lowest BCUT2D eigenvalue weighted by Crippen LogP contribution is -2.52. The molecule has 1 aliphatic rings. The molecule has 150 valence electrons. The Kier molecular flexibility index (Phi) is 3.70. The van der Waals surface area contributed by atoms with Gasteiger partial charge in [-0.25, -0.2) is 17.4 Å². The Labute approximate surface area is 158 Å². The minimum absolute atomic E-state index is 0.0270. The van der Waals surface area contributed by atoms with Crippen molar-refractivity contribution in [2.75, 3.05) is 0 Å². The number of aromatic nitrogens is 3. The molecule has 0 aliphatic carbocycles. The van der Waals surface area contributed by atoms with Crippen LogP contribution in [-0.4, -0.2) is 34.7 Å². The van der Waals surface area contributed by atoms with Crippen LogP contribution in [0.5, 0.6) is 11.5 Å². The van der Waals surface area contributed by atoms with Gasteiger partial charge >= 0.3 is 12.2 Å². The van der Waals surface area contributed by atoms with Crippen LogP contribution in [0.15, 0.2) is 21.6 Å². The van der Waals surface area contributed by atoms with Crippen molar-refractivity contribution in [1.82, 2.24) is 14.1 Å². The summed E-state index contributed by atoms with van der Waals surface area (Å²) in [5.41, 5.74) is -0.476. The highest BCUT2D eigenvalue weighted by molar-refractivity contribution is 7.90. The van der Waals surface area contributed by atoms with Crippen molar-refractivity contribution in [1.29, 1.82) is 0 Å². The van der Waals surface area contributed by atoms with E-state index in [2.05, 4.69) is 19.6 Å². The summed E-state index contributed by atoms with van der Waals surface area (Å²) in [5.74, 6) is -1.60. The predicted molar refractivity (Wildman–Crippen MR) is 84.5 cm³/mol. The smallest absolute Gasteiger partial charge is 0.421 e. The molecule has 0 fully saturated rings. The molecule has 1 aliphatic heterocycles. The quantitative estimate of drug-likeness (QED) is 0.561. The van der Waals surface area contributed by atoms with Crippen LogP contribution in [0.25, 0.3) is 11.0 Å². The van der Waals surface area contributed by atoms with Gasteiger partial charge in [0.25, 0.3) is 10.0 Å². The third-order valence-electron chi connectivity index (χ3n) is 3.92. The molecule has 0 N–H and O–H groups in total. The lowest BCUT2D eigenvalue weighted by molar-refractivity contribution is -0.391. The molecule has 0 amide bonds. The highest BCUT2D eigenvalue weighted by atomic mass is 35.5. The maximum Gasteiger partial charge on any atom is 0.507 e. The zero-order chi connectivity index (χ0) is 20.6. The molecule has 3 heterocycles. The van der Waals surface area contributed by atoms with E-state index in [1.165, 1.54) is 13.8 Å². The van der Waals surface area contributed by atoms with E-state index in [9.17, 15) is 26.0 Å². The van der Waals surface area contributed by atoms with Gasteiger partial charge in [0.05, 0.1) is 11.0 Å². The third-order valence-corrected chi connectivity index (χ3v) is 6.22. The van der Waals surface area contributed by atoms with Gasteiger partial charge in [0.2, 0.25) is 5.28 Å². The molecule has 4 rings (SSSR count). The summed E-state index contributed by atoms with van der Waals surface area (Å²) in [6, 6.07) is 1.58. The molecule has 8 nitrogen and oxygen atoms in total. The normalized spacial score (nSPS) is 17.8. The zero-order valence-corrected chi connectivity index (χ0v) is 15.4. The van der Waals surface area contributed by atoms with E-state index in [-0.39, 0.29) is 27.4 Å². The van der Waals surface area contributed by atoms with Gasteiger partial charge in [-0.05, 0) is 25.4 Å². The van der Waals surface area contributed by atoms with Crippen LogP contribution in [0.2, 0.25) is 5.28 Å². The van der Waals surface area contributed by atoms with Gasteiger partial charge in [0.1, 0.15) is 5.69 Å². The first-order chi connectivity index (χ1) is 12.8. The number of imidazole rings is 1. The second-order valence-electron chi connectivity index (χ2n) is 5.83. The number of benzene rings is 1. The molecule has 1 aromatic carbocycles.